The molecule has 4 nitrogen and oxygen atoms in total. The van der Waals surface area contributed by atoms with Crippen LogP contribution in [0.5, 0.6) is 5.75 Å². The van der Waals surface area contributed by atoms with Gasteiger partial charge in [-0.2, -0.15) is 0 Å². The number of hydrogen-bond donors (Lipinski definition) is 2. The number of hydrogen-bond acceptors (Lipinski definition) is 4. The van der Waals surface area contributed by atoms with Gasteiger partial charge in [0.2, 0.25) is 5.91 Å². The van der Waals surface area contributed by atoms with Crippen molar-refractivity contribution in [2.45, 2.75) is 12.8 Å². The molecule has 0 spiro atoms. The molecule has 0 aliphatic rings. The molecule has 3 N–H and O–H groups in total. The van der Waals surface area contributed by atoms with Crippen LogP contribution >= 0.6 is 23.7 Å². The van der Waals surface area contributed by atoms with Crippen molar-refractivity contribution < 1.29 is 9.53 Å². The predicted molar refractivity (Wildman–Crippen MR) is 89.5 cm³/mol. The summed E-state index contributed by atoms with van der Waals surface area (Å²) in [5.74, 6) is 0.779. The van der Waals surface area contributed by atoms with Gasteiger partial charge in [0.1, 0.15) is 12.4 Å². The molecule has 1 aromatic carbocycles. The SMILES string of the molecule is Cl.NCCOc1ccc(NC(=O)CCc2cccs2)cc1. The number of nitrogens with one attached hydrogen (secondary N) is 1. The van der Waals surface area contributed by atoms with E-state index in [1.807, 2.05) is 41.8 Å². The highest BCUT2D eigenvalue weighted by molar-refractivity contribution is 7.09. The molecule has 2 rings (SSSR count). The molecule has 21 heavy (non-hydrogen) atoms. The van der Waals surface area contributed by atoms with E-state index in [1.54, 1.807) is 11.3 Å². The van der Waals surface area contributed by atoms with E-state index in [9.17, 15) is 4.79 Å². The molecule has 1 aromatic heterocycles. The quantitative estimate of drug-likeness (QED) is 0.821. The summed E-state index contributed by atoms with van der Waals surface area (Å²) < 4.78 is 5.38. The number of rotatable bonds is 7. The average molecular weight is 327 g/mol. The molecule has 1 amide bonds. The Morgan fingerprint density at radius 2 is 2.00 bits per heavy atom. The molecule has 0 bridgehead atoms. The van der Waals surface area contributed by atoms with Gasteiger partial charge in [0, 0.05) is 23.5 Å². The molecule has 0 atom stereocenters. The summed E-state index contributed by atoms with van der Waals surface area (Å²) in [4.78, 5) is 13.0. The third-order valence-corrected chi connectivity index (χ3v) is 3.64. The second-order valence-electron chi connectivity index (χ2n) is 4.29. The number of halogens is 1. The van der Waals surface area contributed by atoms with Crippen LogP contribution in [-0.2, 0) is 11.2 Å². The first-order chi connectivity index (χ1) is 9.78. The zero-order valence-electron chi connectivity index (χ0n) is 11.6. The van der Waals surface area contributed by atoms with E-state index in [2.05, 4.69) is 5.32 Å². The maximum atomic E-state index is 11.8. The van der Waals surface area contributed by atoms with E-state index in [4.69, 9.17) is 10.5 Å². The van der Waals surface area contributed by atoms with Gasteiger partial charge in [-0.05, 0) is 42.1 Å². The summed E-state index contributed by atoms with van der Waals surface area (Å²) in [7, 11) is 0. The summed E-state index contributed by atoms with van der Waals surface area (Å²) in [6.45, 7) is 0.980. The molecule has 1 heterocycles. The lowest BCUT2D eigenvalue weighted by atomic mass is 10.2. The van der Waals surface area contributed by atoms with E-state index in [-0.39, 0.29) is 18.3 Å². The Balaban J connectivity index is 0.00000220. The molecule has 0 fully saturated rings. The number of nitrogens with two attached hydrogens (primary N) is 1. The molecule has 2 aromatic rings. The first-order valence-electron chi connectivity index (χ1n) is 6.53. The zero-order valence-corrected chi connectivity index (χ0v) is 13.2. The number of anilines is 1. The van der Waals surface area contributed by atoms with Gasteiger partial charge in [-0.3, -0.25) is 4.79 Å². The van der Waals surface area contributed by atoms with Crippen molar-refractivity contribution >= 4 is 35.3 Å². The highest BCUT2D eigenvalue weighted by Crippen LogP contribution is 2.16. The van der Waals surface area contributed by atoms with Gasteiger partial charge in [-0.15, -0.1) is 23.7 Å². The Morgan fingerprint density at radius 3 is 2.62 bits per heavy atom. The highest BCUT2D eigenvalue weighted by Gasteiger charge is 2.04. The zero-order chi connectivity index (χ0) is 14.2. The fourth-order valence-electron chi connectivity index (χ4n) is 1.73. The van der Waals surface area contributed by atoms with Crippen LogP contribution in [0.2, 0.25) is 0 Å². The van der Waals surface area contributed by atoms with E-state index < -0.39 is 0 Å². The molecule has 0 radical (unpaired) electrons. The fraction of sp³-hybridized carbons (Fsp3) is 0.267. The van der Waals surface area contributed by atoms with Crippen LogP contribution in [0.4, 0.5) is 5.69 Å². The maximum Gasteiger partial charge on any atom is 0.224 e. The summed E-state index contributed by atoms with van der Waals surface area (Å²) >= 11 is 1.67. The Kier molecular flexibility index (Phi) is 7.82. The van der Waals surface area contributed by atoms with Crippen LogP contribution in [0.15, 0.2) is 41.8 Å². The summed E-state index contributed by atoms with van der Waals surface area (Å²) in [5, 5.41) is 4.89. The average Bonchev–Trinajstić information content (AvgIpc) is 2.98. The van der Waals surface area contributed by atoms with Gasteiger partial charge in [-0.25, -0.2) is 0 Å². The number of thiophene rings is 1. The lowest BCUT2D eigenvalue weighted by Crippen LogP contribution is -2.12. The first-order valence-corrected chi connectivity index (χ1v) is 7.41. The number of carbonyl (C=O) groups excluding carboxylic acids is 1. The topological polar surface area (TPSA) is 64.3 Å². The minimum atomic E-state index is 0. The minimum absolute atomic E-state index is 0. The molecular formula is C15H19ClN2O2S. The second kappa shape index (κ2) is 9.39. The number of ether oxygens (including phenoxy) is 1. The summed E-state index contributed by atoms with van der Waals surface area (Å²) in [6, 6.07) is 11.3. The van der Waals surface area contributed by atoms with Crippen molar-refractivity contribution in [3.63, 3.8) is 0 Å². The summed E-state index contributed by atoms with van der Waals surface area (Å²) in [6.07, 6.45) is 1.27. The van der Waals surface area contributed by atoms with Crippen molar-refractivity contribution in [2.24, 2.45) is 5.73 Å². The Morgan fingerprint density at radius 1 is 1.24 bits per heavy atom. The molecule has 114 valence electrons. The smallest absolute Gasteiger partial charge is 0.224 e. The molecule has 0 saturated heterocycles. The van der Waals surface area contributed by atoms with E-state index in [0.717, 1.165) is 17.9 Å². The van der Waals surface area contributed by atoms with Crippen LogP contribution < -0.4 is 15.8 Å². The number of aryl methyl sites for hydroxylation is 1. The first kappa shape index (κ1) is 17.5. The van der Waals surface area contributed by atoms with Gasteiger partial charge in [0.15, 0.2) is 0 Å². The standard InChI is InChI=1S/C15H18N2O2S.ClH/c16-9-10-19-13-5-3-12(4-6-13)17-15(18)8-7-14-2-1-11-20-14;/h1-6,11H,7-10,16H2,(H,17,18);1H. The van der Waals surface area contributed by atoms with E-state index in [0.29, 0.717) is 19.6 Å². The number of benzene rings is 1. The lowest BCUT2D eigenvalue weighted by molar-refractivity contribution is -0.116. The van der Waals surface area contributed by atoms with Gasteiger partial charge in [-0.1, -0.05) is 6.07 Å². The van der Waals surface area contributed by atoms with Crippen LogP contribution in [0, 0.1) is 0 Å². The van der Waals surface area contributed by atoms with Gasteiger partial charge in [0.25, 0.3) is 0 Å². The third kappa shape index (κ3) is 6.16. The molecule has 0 aliphatic carbocycles. The Bertz CT molecular complexity index is 529. The molecule has 0 saturated carbocycles. The number of amides is 1. The van der Waals surface area contributed by atoms with Gasteiger partial charge < -0.3 is 15.8 Å². The predicted octanol–water partition coefficient (Wildman–Crippen LogP) is 3.08. The van der Waals surface area contributed by atoms with E-state index in [1.165, 1.54) is 4.88 Å². The van der Waals surface area contributed by atoms with Crippen LogP contribution in [0.1, 0.15) is 11.3 Å². The Hall–Kier alpha value is -1.56. The van der Waals surface area contributed by atoms with Crippen molar-refractivity contribution in [2.75, 3.05) is 18.5 Å². The fourth-order valence-corrected chi connectivity index (χ4v) is 2.44. The van der Waals surface area contributed by atoms with Crippen molar-refractivity contribution in [3.8, 4) is 5.75 Å². The lowest BCUT2D eigenvalue weighted by Gasteiger charge is -2.07. The van der Waals surface area contributed by atoms with E-state index >= 15 is 0 Å². The monoisotopic (exact) mass is 326 g/mol. The maximum absolute atomic E-state index is 11.8. The van der Waals surface area contributed by atoms with Crippen molar-refractivity contribution in [1.82, 2.24) is 0 Å². The number of carbonyl (C=O) groups is 1. The normalized spacial score (nSPS) is 9.76. The molecule has 0 unspecified atom stereocenters. The van der Waals surface area contributed by atoms with Crippen LogP contribution in [-0.4, -0.2) is 19.1 Å². The van der Waals surface area contributed by atoms with Gasteiger partial charge >= 0.3 is 0 Å². The third-order valence-electron chi connectivity index (χ3n) is 2.70. The highest BCUT2D eigenvalue weighted by atomic mass is 35.5. The van der Waals surface area contributed by atoms with Crippen molar-refractivity contribution in [3.05, 3.63) is 46.7 Å². The molecular weight excluding hydrogens is 308 g/mol. The Labute approximate surface area is 134 Å². The van der Waals surface area contributed by atoms with Crippen LogP contribution in [0.25, 0.3) is 0 Å². The summed E-state index contributed by atoms with van der Waals surface area (Å²) in [5.41, 5.74) is 6.14. The van der Waals surface area contributed by atoms with Crippen LogP contribution in [0.3, 0.4) is 0 Å². The van der Waals surface area contributed by atoms with Gasteiger partial charge in [0.05, 0.1) is 0 Å². The minimum Gasteiger partial charge on any atom is -0.492 e. The molecule has 6 heteroatoms. The second-order valence-corrected chi connectivity index (χ2v) is 5.32. The van der Waals surface area contributed by atoms with Crippen molar-refractivity contribution in [1.29, 1.82) is 0 Å². The largest absolute Gasteiger partial charge is 0.492 e. The molecule has 0 aliphatic heterocycles.